The Labute approximate surface area is 82.5 Å². The van der Waals surface area contributed by atoms with E-state index in [1.807, 2.05) is 4.90 Å². The smallest absolute Gasteiger partial charge is 0.230 e. The molecule has 14 heavy (non-hydrogen) atoms. The maximum Gasteiger partial charge on any atom is 0.230 e. The van der Waals surface area contributed by atoms with Crippen molar-refractivity contribution in [3.63, 3.8) is 0 Å². The highest BCUT2D eigenvalue weighted by atomic mass is 16.6. The lowest BCUT2D eigenvalue weighted by molar-refractivity contribution is -0.475. The lowest BCUT2D eigenvalue weighted by Gasteiger charge is -2.31. The van der Waals surface area contributed by atoms with Gasteiger partial charge in [0.25, 0.3) is 0 Å². The normalized spacial score (nSPS) is 30.1. The molecule has 2 heterocycles. The molecule has 1 saturated heterocycles. The van der Waals surface area contributed by atoms with E-state index in [1.54, 1.807) is 6.92 Å². The van der Waals surface area contributed by atoms with Crippen LogP contribution in [0.4, 0.5) is 0 Å². The summed E-state index contributed by atoms with van der Waals surface area (Å²) in [5.41, 5.74) is 0. The predicted octanol–water partition coefficient (Wildman–Crippen LogP) is 0.120. The van der Waals surface area contributed by atoms with Crippen molar-refractivity contribution in [1.29, 1.82) is 0 Å². The molecule has 0 saturated carbocycles. The van der Waals surface area contributed by atoms with Crippen molar-refractivity contribution in [2.24, 2.45) is 0 Å². The van der Waals surface area contributed by atoms with Crippen molar-refractivity contribution in [2.75, 3.05) is 26.3 Å². The number of rotatable bonds is 1. The fraction of sp³-hybridized carbons (Fsp3) is 0.750. The third-order valence-electron chi connectivity index (χ3n) is 2.42. The minimum atomic E-state index is -0.503. The highest BCUT2D eigenvalue weighted by molar-refractivity contribution is 5.74. The van der Waals surface area contributed by atoms with Crippen LogP contribution < -0.4 is 0 Å². The van der Waals surface area contributed by atoms with Crippen LogP contribution in [-0.2, 0) is 9.47 Å². The minimum Gasteiger partial charge on any atom is -0.545 e. The Morgan fingerprint density at radius 3 is 2.71 bits per heavy atom. The van der Waals surface area contributed by atoms with Gasteiger partial charge < -0.3 is 25.1 Å². The quantitative estimate of drug-likeness (QED) is 0.482. The van der Waals surface area contributed by atoms with Crippen molar-refractivity contribution in [3.8, 4) is 0 Å². The molecule has 6 nitrogen and oxygen atoms in total. The summed E-state index contributed by atoms with van der Waals surface area (Å²) in [7, 11) is 0. The van der Waals surface area contributed by atoms with Crippen LogP contribution in [0.15, 0.2) is 0 Å². The van der Waals surface area contributed by atoms with Gasteiger partial charge in [0, 0.05) is 13.1 Å². The molecule has 6 heteroatoms. The SMILES string of the molecule is C[C-]1OC(N2CCOCC2)C(O)=[N+]1[NH-]. The first kappa shape index (κ1) is 9.57. The van der Waals surface area contributed by atoms with Gasteiger partial charge in [-0.1, -0.05) is 0 Å². The minimum absolute atomic E-state index is 0.0654. The summed E-state index contributed by atoms with van der Waals surface area (Å²) in [5, 5.41) is 9.61. The van der Waals surface area contributed by atoms with Crippen molar-refractivity contribution in [3.05, 3.63) is 12.1 Å². The Bertz CT molecular complexity index is 250. The number of hydrogen-bond acceptors (Lipinski definition) is 3. The van der Waals surface area contributed by atoms with Crippen LogP contribution in [0, 0.1) is 6.23 Å². The van der Waals surface area contributed by atoms with Crippen LogP contribution in [0.25, 0.3) is 5.84 Å². The molecule has 0 aliphatic carbocycles. The molecule has 2 aliphatic rings. The molecule has 0 spiro atoms. The number of nitrogens with zero attached hydrogens (tertiary/aromatic N) is 2. The third-order valence-corrected chi connectivity index (χ3v) is 2.42. The van der Waals surface area contributed by atoms with E-state index in [0.29, 0.717) is 19.4 Å². The number of nitrogens with one attached hydrogen (secondary N) is 1. The van der Waals surface area contributed by atoms with Gasteiger partial charge in [-0.2, -0.15) is 0 Å². The largest absolute Gasteiger partial charge is 0.545 e. The number of aliphatic hydroxyl groups is 1. The molecule has 80 valence electrons. The summed E-state index contributed by atoms with van der Waals surface area (Å²) in [4.78, 5) is 1.96. The van der Waals surface area contributed by atoms with Gasteiger partial charge in [-0.25, -0.2) is 0 Å². The Hall–Kier alpha value is -0.980. The van der Waals surface area contributed by atoms with Crippen LogP contribution in [0.1, 0.15) is 6.92 Å². The molecule has 0 bridgehead atoms. The summed E-state index contributed by atoms with van der Waals surface area (Å²) in [6.45, 7) is 4.38. The lowest BCUT2D eigenvalue weighted by Crippen LogP contribution is -2.47. The molecule has 1 fully saturated rings. The maximum absolute atomic E-state index is 9.61. The highest BCUT2D eigenvalue weighted by Crippen LogP contribution is 2.20. The number of ether oxygens (including phenoxy) is 2. The summed E-state index contributed by atoms with van der Waals surface area (Å²) >= 11 is 0. The monoisotopic (exact) mass is 200 g/mol. The van der Waals surface area contributed by atoms with Crippen LogP contribution in [0.3, 0.4) is 0 Å². The third kappa shape index (κ3) is 1.52. The van der Waals surface area contributed by atoms with Gasteiger partial charge in [0.2, 0.25) is 5.90 Å². The second-order valence-electron chi connectivity index (χ2n) is 3.33. The second kappa shape index (κ2) is 3.64. The lowest BCUT2D eigenvalue weighted by atomic mass is 10.4. The average molecular weight is 200 g/mol. The first-order valence-electron chi connectivity index (χ1n) is 4.59. The zero-order valence-corrected chi connectivity index (χ0v) is 8.06. The van der Waals surface area contributed by atoms with Crippen molar-refractivity contribution in [2.45, 2.75) is 13.2 Å². The van der Waals surface area contributed by atoms with Gasteiger partial charge in [0.1, 0.15) is 6.23 Å². The molecule has 0 amide bonds. The van der Waals surface area contributed by atoms with Crippen LogP contribution in [0.5, 0.6) is 0 Å². The zero-order chi connectivity index (χ0) is 10.1. The zero-order valence-electron chi connectivity index (χ0n) is 8.06. The average Bonchev–Trinajstić information content (AvgIpc) is 2.47. The van der Waals surface area contributed by atoms with E-state index >= 15 is 0 Å². The Morgan fingerprint density at radius 1 is 1.57 bits per heavy atom. The van der Waals surface area contributed by atoms with E-state index in [1.165, 1.54) is 0 Å². The van der Waals surface area contributed by atoms with Gasteiger partial charge in [-0.15, -0.1) is 0 Å². The van der Waals surface area contributed by atoms with E-state index in [0.717, 1.165) is 17.8 Å². The molecule has 2 N–H and O–H groups in total. The second-order valence-corrected chi connectivity index (χ2v) is 3.33. The molecule has 2 rings (SSSR count). The molecular formula is C8H14N3O3-. The number of hydrogen-bond donors (Lipinski definition) is 1. The fourth-order valence-electron chi connectivity index (χ4n) is 1.59. The van der Waals surface area contributed by atoms with E-state index in [4.69, 9.17) is 15.3 Å². The maximum atomic E-state index is 9.61. The molecule has 2 aliphatic heterocycles. The number of morpholine rings is 1. The van der Waals surface area contributed by atoms with Gasteiger partial charge in [-0.3, -0.25) is 4.90 Å². The van der Waals surface area contributed by atoms with Crippen molar-refractivity contribution < 1.29 is 19.3 Å². The fourth-order valence-corrected chi connectivity index (χ4v) is 1.59. The van der Waals surface area contributed by atoms with Crippen LogP contribution in [-0.4, -0.2) is 53.1 Å². The molecule has 0 aromatic carbocycles. The summed E-state index contributed by atoms with van der Waals surface area (Å²) in [5.74, 6) is 7.35. The molecule has 0 aromatic rings. The van der Waals surface area contributed by atoms with E-state index < -0.39 is 6.23 Å². The van der Waals surface area contributed by atoms with Gasteiger partial charge in [0.15, 0.2) is 6.23 Å². The Balaban J connectivity index is 2.05. The molecule has 0 radical (unpaired) electrons. The van der Waals surface area contributed by atoms with Crippen LogP contribution in [0.2, 0.25) is 0 Å². The topological polar surface area (TPSA) is 68.7 Å². The standard InChI is InChI=1S/C8H14N3O3/c1-6-11(9)7(12)8(14-6)10-2-4-13-5-3-10/h8-9,12H,2-5H2,1H3/q-1. The highest BCUT2D eigenvalue weighted by Gasteiger charge is 2.32. The molecule has 1 atom stereocenters. The van der Waals surface area contributed by atoms with E-state index in [-0.39, 0.29) is 5.90 Å². The summed E-state index contributed by atoms with van der Waals surface area (Å²) in [6.07, 6.45) is -0.101. The van der Waals surface area contributed by atoms with Gasteiger partial charge in [-0.05, 0) is 6.92 Å². The van der Waals surface area contributed by atoms with E-state index in [2.05, 4.69) is 0 Å². The van der Waals surface area contributed by atoms with Crippen molar-refractivity contribution in [1.82, 2.24) is 4.90 Å². The van der Waals surface area contributed by atoms with Gasteiger partial charge >= 0.3 is 0 Å². The van der Waals surface area contributed by atoms with Crippen LogP contribution >= 0.6 is 0 Å². The predicted molar refractivity (Wildman–Crippen MR) is 48.4 cm³/mol. The Kier molecular flexibility index (Phi) is 2.49. The molecular weight excluding hydrogens is 186 g/mol. The molecule has 0 aromatic heterocycles. The van der Waals surface area contributed by atoms with Gasteiger partial charge in [0.05, 0.1) is 13.2 Å². The first-order valence-corrected chi connectivity index (χ1v) is 4.59. The molecule has 1 unspecified atom stereocenters. The first-order chi connectivity index (χ1) is 6.70. The Morgan fingerprint density at radius 2 is 2.21 bits per heavy atom. The van der Waals surface area contributed by atoms with E-state index in [9.17, 15) is 5.11 Å². The summed E-state index contributed by atoms with van der Waals surface area (Å²) in [6, 6.07) is 0. The summed E-state index contributed by atoms with van der Waals surface area (Å²) < 4.78 is 11.5. The van der Waals surface area contributed by atoms with Crippen molar-refractivity contribution >= 4 is 5.90 Å². The number of aliphatic hydroxyl groups excluding tert-OH is 1.